The fraction of sp³-hybridized carbons (Fsp3) is 0.583. The van der Waals surface area contributed by atoms with Gasteiger partial charge in [-0.15, -0.1) is 0 Å². The van der Waals surface area contributed by atoms with Crippen molar-refractivity contribution in [2.24, 2.45) is 0 Å². The van der Waals surface area contributed by atoms with Crippen molar-refractivity contribution in [3.8, 4) is 6.07 Å². The summed E-state index contributed by atoms with van der Waals surface area (Å²) >= 11 is 0. The van der Waals surface area contributed by atoms with E-state index in [1.807, 2.05) is 17.0 Å². The first-order valence-electron chi connectivity index (χ1n) is 11.1. The van der Waals surface area contributed by atoms with Crippen molar-refractivity contribution >= 4 is 11.6 Å². The Labute approximate surface area is 169 Å². The van der Waals surface area contributed by atoms with Crippen LogP contribution in [0, 0.1) is 11.3 Å². The van der Waals surface area contributed by atoms with Crippen molar-refractivity contribution in [2.45, 2.75) is 83.1 Å². The van der Waals surface area contributed by atoms with Crippen molar-refractivity contribution in [1.82, 2.24) is 5.32 Å². The average Bonchev–Trinajstić information content (AvgIpc) is 3.11. The normalized spacial score (nSPS) is 19.8. The van der Waals surface area contributed by atoms with Crippen LogP contribution in [-0.4, -0.2) is 18.5 Å². The summed E-state index contributed by atoms with van der Waals surface area (Å²) in [5.74, 6) is -0.219. The molecule has 1 aliphatic carbocycles. The maximum Gasteiger partial charge on any atom is 0.263 e. The Morgan fingerprint density at radius 3 is 2.25 bits per heavy atom. The quantitative estimate of drug-likeness (QED) is 0.577. The van der Waals surface area contributed by atoms with Gasteiger partial charge in [0, 0.05) is 24.5 Å². The monoisotopic (exact) mass is 379 g/mol. The molecule has 1 saturated carbocycles. The summed E-state index contributed by atoms with van der Waals surface area (Å²) in [5, 5.41) is 12.7. The summed E-state index contributed by atoms with van der Waals surface area (Å²) in [6.07, 6.45) is 16.2. The molecule has 0 spiro atoms. The van der Waals surface area contributed by atoms with Crippen LogP contribution in [0.3, 0.4) is 0 Å². The maximum absolute atomic E-state index is 12.8. The fourth-order valence-electron chi connectivity index (χ4n) is 4.36. The van der Waals surface area contributed by atoms with Gasteiger partial charge in [-0.05, 0) is 30.9 Å². The van der Waals surface area contributed by atoms with E-state index in [9.17, 15) is 10.1 Å². The molecule has 0 bridgehead atoms. The molecule has 1 N–H and O–H groups in total. The lowest BCUT2D eigenvalue weighted by Gasteiger charge is -2.20. The highest BCUT2D eigenvalue weighted by Crippen LogP contribution is 2.28. The van der Waals surface area contributed by atoms with E-state index in [4.69, 9.17) is 0 Å². The van der Waals surface area contributed by atoms with Crippen LogP contribution in [-0.2, 0) is 11.2 Å². The molecule has 3 rings (SSSR count). The standard InChI is InChI=1S/C24H33N3O/c25-18-21(19-27-17-16-20-12-10-11-15-23(20)27)24(28)26-22-13-8-6-4-2-1-3-5-7-9-14-22/h10-12,15,19,22H,1-9,13-14,16-17H2,(H,26,28)/b21-19-. The molecule has 0 unspecified atom stereocenters. The van der Waals surface area contributed by atoms with Crippen LogP contribution in [0.5, 0.6) is 0 Å². The maximum atomic E-state index is 12.8. The Morgan fingerprint density at radius 2 is 1.61 bits per heavy atom. The number of carbonyl (C=O) groups excluding carboxylic acids is 1. The molecule has 1 aromatic rings. The number of rotatable bonds is 3. The van der Waals surface area contributed by atoms with Crippen LogP contribution in [0.2, 0.25) is 0 Å². The molecule has 4 heteroatoms. The number of carbonyl (C=O) groups is 1. The summed E-state index contributed by atoms with van der Waals surface area (Å²) in [7, 11) is 0. The second kappa shape index (κ2) is 10.9. The highest BCUT2D eigenvalue weighted by molar-refractivity contribution is 5.97. The van der Waals surface area contributed by atoms with E-state index in [1.54, 1.807) is 6.20 Å². The lowest BCUT2D eigenvalue weighted by Crippen LogP contribution is -2.36. The summed E-state index contributed by atoms with van der Waals surface area (Å²) in [5.41, 5.74) is 2.59. The van der Waals surface area contributed by atoms with E-state index in [2.05, 4.69) is 23.5 Å². The van der Waals surface area contributed by atoms with Gasteiger partial charge >= 0.3 is 0 Å². The predicted molar refractivity (Wildman–Crippen MR) is 114 cm³/mol. The third-order valence-electron chi connectivity index (χ3n) is 6.01. The number of benzene rings is 1. The number of amides is 1. The van der Waals surface area contributed by atoms with Gasteiger partial charge in [-0.3, -0.25) is 4.79 Å². The van der Waals surface area contributed by atoms with Crippen molar-refractivity contribution in [1.29, 1.82) is 5.26 Å². The zero-order chi connectivity index (χ0) is 19.6. The van der Waals surface area contributed by atoms with E-state index < -0.39 is 0 Å². The SMILES string of the molecule is N#C/C(=C/N1CCc2ccccc21)C(=O)NC1CCCCCCCCCCC1. The van der Waals surface area contributed by atoms with Gasteiger partial charge in [0.2, 0.25) is 0 Å². The average molecular weight is 380 g/mol. The van der Waals surface area contributed by atoms with Crippen LogP contribution < -0.4 is 10.2 Å². The Bertz CT molecular complexity index is 707. The third-order valence-corrected chi connectivity index (χ3v) is 6.01. The second-order valence-electron chi connectivity index (χ2n) is 8.16. The molecule has 0 aromatic heterocycles. The summed E-state index contributed by atoms with van der Waals surface area (Å²) < 4.78 is 0. The second-order valence-corrected chi connectivity index (χ2v) is 8.16. The number of para-hydroxylation sites is 1. The number of hydrogen-bond acceptors (Lipinski definition) is 3. The third kappa shape index (κ3) is 5.86. The lowest BCUT2D eigenvalue weighted by molar-refractivity contribution is -0.117. The van der Waals surface area contributed by atoms with Gasteiger partial charge in [0.05, 0.1) is 0 Å². The highest BCUT2D eigenvalue weighted by atomic mass is 16.1. The minimum Gasteiger partial charge on any atom is -0.349 e. The molecule has 0 saturated heterocycles. The van der Waals surface area contributed by atoms with Crippen LogP contribution in [0.4, 0.5) is 5.69 Å². The Morgan fingerprint density at radius 1 is 1.00 bits per heavy atom. The van der Waals surface area contributed by atoms with Gasteiger partial charge in [-0.2, -0.15) is 5.26 Å². The number of nitrogens with zero attached hydrogens (tertiary/aromatic N) is 2. The molecule has 0 radical (unpaired) electrons. The number of nitriles is 1. The molecule has 4 nitrogen and oxygen atoms in total. The van der Waals surface area contributed by atoms with Gasteiger partial charge in [-0.1, -0.05) is 76.0 Å². The van der Waals surface area contributed by atoms with Crippen LogP contribution in [0.1, 0.15) is 76.2 Å². The van der Waals surface area contributed by atoms with Crippen molar-refractivity contribution < 1.29 is 4.79 Å². The molecule has 0 atom stereocenters. The number of anilines is 1. The van der Waals surface area contributed by atoms with Gasteiger partial charge in [0.25, 0.3) is 5.91 Å². The topological polar surface area (TPSA) is 56.1 Å². The molecule has 1 aliphatic heterocycles. The largest absolute Gasteiger partial charge is 0.349 e. The van der Waals surface area contributed by atoms with Gasteiger partial charge < -0.3 is 10.2 Å². The van der Waals surface area contributed by atoms with Gasteiger partial charge in [-0.25, -0.2) is 0 Å². The molecule has 28 heavy (non-hydrogen) atoms. The van der Waals surface area contributed by atoms with Gasteiger partial charge in [0.1, 0.15) is 11.6 Å². The summed E-state index contributed by atoms with van der Waals surface area (Å²) in [6, 6.07) is 10.5. The smallest absolute Gasteiger partial charge is 0.263 e. The first-order valence-corrected chi connectivity index (χ1v) is 11.1. The van der Waals surface area contributed by atoms with Crippen molar-refractivity contribution in [2.75, 3.05) is 11.4 Å². The zero-order valence-electron chi connectivity index (χ0n) is 17.0. The van der Waals surface area contributed by atoms with Crippen LogP contribution in [0.25, 0.3) is 0 Å². The number of hydrogen-bond donors (Lipinski definition) is 1. The molecule has 150 valence electrons. The van der Waals surface area contributed by atoms with E-state index >= 15 is 0 Å². The molecule has 1 fully saturated rings. The Kier molecular flexibility index (Phi) is 7.96. The Hall–Kier alpha value is -2.28. The van der Waals surface area contributed by atoms with E-state index in [0.717, 1.165) is 44.3 Å². The van der Waals surface area contributed by atoms with Crippen molar-refractivity contribution in [3.05, 3.63) is 41.6 Å². The summed E-state index contributed by atoms with van der Waals surface area (Å²) in [4.78, 5) is 14.8. The number of nitrogens with one attached hydrogen (secondary N) is 1. The van der Waals surface area contributed by atoms with Crippen LogP contribution >= 0.6 is 0 Å². The zero-order valence-corrected chi connectivity index (χ0v) is 17.0. The minimum atomic E-state index is -0.219. The van der Waals surface area contributed by atoms with Gasteiger partial charge in [0.15, 0.2) is 0 Å². The highest BCUT2D eigenvalue weighted by Gasteiger charge is 2.21. The van der Waals surface area contributed by atoms with E-state index in [1.165, 1.54) is 50.5 Å². The molecule has 1 amide bonds. The molecular weight excluding hydrogens is 346 g/mol. The fourth-order valence-corrected chi connectivity index (χ4v) is 4.36. The molecular formula is C24H33N3O. The first-order chi connectivity index (χ1) is 13.8. The number of fused-ring (bicyclic) bond motifs is 1. The Balaban J connectivity index is 1.61. The summed E-state index contributed by atoms with van der Waals surface area (Å²) in [6.45, 7) is 0.821. The van der Waals surface area contributed by atoms with E-state index in [0.29, 0.717) is 0 Å². The molecule has 1 heterocycles. The lowest BCUT2D eigenvalue weighted by atomic mass is 9.97. The molecule has 1 aromatic carbocycles. The van der Waals surface area contributed by atoms with Crippen LogP contribution in [0.15, 0.2) is 36.0 Å². The molecule has 2 aliphatic rings. The first kappa shape index (κ1) is 20.5. The van der Waals surface area contributed by atoms with Crippen molar-refractivity contribution in [3.63, 3.8) is 0 Å². The van der Waals surface area contributed by atoms with E-state index in [-0.39, 0.29) is 17.5 Å². The minimum absolute atomic E-state index is 0.189. The predicted octanol–water partition coefficient (Wildman–Crippen LogP) is 5.25.